The third-order valence-electron chi connectivity index (χ3n) is 3.67. The first-order valence-electron chi connectivity index (χ1n) is 7.27. The number of ether oxygens (including phenoxy) is 4. The van der Waals surface area contributed by atoms with Crippen LogP contribution in [0.15, 0.2) is 30.3 Å². The van der Waals surface area contributed by atoms with Gasteiger partial charge in [0.25, 0.3) is 0 Å². The highest BCUT2D eigenvalue weighted by Crippen LogP contribution is 2.38. The molecule has 2 aromatic rings. The monoisotopic (exact) mass is 318 g/mol. The minimum Gasteiger partial charge on any atom is -0.504 e. The van der Waals surface area contributed by atoms with Crippen molar-refractivity contribution >= 4 is 0 Å². The van der Waals surface area contributed by atoms with Gasteiger partial charge in [-0.1, -0.05) is 6.07 Å². The molecule has 23 heavy (non-hydrogen) atoms. The third kappa shape index (κ3) is 3.80. The van der Waals surface area contributed by atoms with E-state index in [1.807, 2.05) is 24.3 Å². The highest BCUT2D eigenvalue weighted by Gasteiger charge is 2.13. The molecule has 0 amide bonds. The summed E-state index contributed by atoms with van der Waals surface area (Å²) in [6.07, 6.45) is 1.60. The molecule has 0 atom stereocenters. The van der Waals surface area contributed by atoms with Crippen molar-refractivity contribution in [3.63, 3.8) is 0 Å². The third-order valence-corrected chi connectivity index (χ3v) is 3.67. The highest BCUT2D eigenvalue weighted by molar-refractivity contribution is 5.54. The Morgan fingerprint density at radius 1 is 0.696 bits per heavy atom. The minimum absolute atomic E-state index is 0.143. The summed E-state index contributed by atoms with van der Waals surface area (Å²) in [7, 11) is 6.33. The Kier molecular flexibility index (Phi) is 5.57. The average Bonchev–Trinajstić information content (AvgIpc) is 2.59. The molecule has 2 aromatic carbocycles. The maximum absolute atomic E-state index is 9.64. The van der Waals surface area contributed by atoms with Crippen LogP contribution in [0.5, 0.6) is 28.7 Å². The van der Waals surface area contributed by atoms with Gasteiger partial charge in [-0.3, -0.25) is 0 Å². The molecule has 1 N–H and O–H groups in total. The average molecular weight is 318 g/mol. The molecule has 5 nitrogen and oxygen atoms in total. The summed E-state index contributed by atoms with van der Waals surface area (Å²) < 4.78 is 21.2. The largest absolute Gasteiger partial charge is 0.504 e. The van der Waals surface area contributed by atoms with Crippen LogP contribution in [-0.2, 0) is 12.8 Å². The van der Waals surface area contributed by atoms with E-state index in [2.05, 4.69) is 0 Å². The van der Waals surface area contributed by atoms with E-state index in [0.29, 0.717) is 23.0 Å². The summed E-state index contributed by atoms with van der Waals surface area (Å²) in [5.74, 6) is 2.50. The van der Waals surface area contributed by atoms with Crippen molar-refractivity contribution in [2.45, 2.75) is 12.8 Å². The first-order chi connectivity index (χ1) is 11.1. The Hall–Kier alpha value is -2.56. The lowest BCUT2D eigenvalue weighted by Crippen LogP contribution is -1.98. The molecule has 0 fully saturated rings. The van der Waals surface area contributed by atoms with Gasteiger partial charge in [0.15, 0.2) is 23.0 Å². The molecule has 5 heteroatoms. The zero-order chi connectivity index (χ0) is 16.8. The number of hydrogen-bond donors (Lipinski definition) is 1. The van der Waals surface area contributed by atoms with Crippen molar-refractivity contribution in [3.8, 4) is 28.7 Å². The Morgan fingerprint density at radius 2 is 1.22 bits per heavy atom. The molecule has 0 aromatic heterocycles. The Balaban J connectivity index is 2.20. The molecule has 0 radical (unpaired) electrons. The van der Waals surface area contributed by atoms with Gasteiger partial charge in [-0.2, -0.15) is 0 Å². The van der Waals surface area contributed by atoms with Crippen LogP contribution in [-0.4, -0.2) is 33.5 Å². The topological polar surface area (TPSA) is 57.2 Å². The number of methoxy groups -OCH3 is 4. The van der Waals surface area contributed by atoms with Gasteiger partial charge >= 0.3 is 0 Å². The van der Waals surface area contributed by atoms with E-state index < -0.39 is 0 Å². The molecule has 0 aliphatic rings. The number of aromatic hydroxyl groups is 1. The summed E-state index contributed by atoms with van der Waals surface area (Å²) in [4.78, 5) is 0. The molecule has 0 spiro atoms. The van der Waals surface area contributed by atoms with Crippen LogP contribution in [0, 0.1) is 0 Å². The van der Waals surface area contributed by atoms with E-state index in [4.69, 9.17) is 18.9 Å². The van der Waals surface area contributed by atoms with Crippen LogP contribution in [0.2, 0.25) is 0 Å². The van der Waals surface area contributed by atoms with Crippen molar-refractivity contribution in [2.24, 2.45) is 0 Å². The quantitative estimate of drug-likeness (QED) is 0.849. The summed E-state index contributed by atoms with van der Waals surface area (Å²) in [5, 5.41) is 9.64. The fourth-order valence-electron chi connectivity index (χ4n) is 2.45. The fourth-order valence-corrected chi connectivity index (χ4v) is 2.45. The normalized spacial score (nSPS) is 10.3. The fraction of sp³-hybridized carbons (Fsp3) is 0.333. The number of phenolic OH excluding ortho intramolecular Hbond substituents is 1. The second kappa shape index (κ2) is 7.63. The number of hydrogen-bond acceptors (Lipinski definition) is 5. The smallest absolute Gasteiger partial charge is 0.203 e. The number of rotatable bonds is 7. The number of benzene rings is 2. The SMILES string of the molecule is COc1cc(CCc2cc(OC)c(OC)c(OC)c2)ccc1O. The molecular weight excluding hydrogens is 296 g/mol. The molecule has 2 rings (SSSR count). The van der Waals surface area contributed by atoms with Crippen molar-refractivity contribution in [2.75, 3.05) is 28.4 Å². The lowest BCUT2D eigenvalue weighted by Gasteiger charge is -2.14. The lowest BCUT2D eigenvalue weighted by molar-refractivity contribution is 0.324. The Labute approximate surface area is 136 Å². The van der Waals surface area contributed by atoms with E-state index in [-0.39, 0.29) is 5.75 Å². The Morgan fingerprint density at radius 3 is 1.74 bits per heavy atom. The van der Waals surface area contributed by atoms with Crippen LogP contribution in [0.25, 0.3) is 0 Å². The molecular formula is C18H22O5. The van der Waals surface area contributed by atoms with Crippen LogP contribution >= 0.6 is 0 Å². The molecule has 124 valence electrons. The van der Waals surface area contributed by atoms with E-state index >= 15 is 0 Å². The minimum atomic E-state index is 0.143. The number of aryl methyl sites for hydroxylation is 2. The zero-order valence-corrected chi connectivity index (χ0v) is 13.9. The second-order valence-corrected chi connectivity index (χ2v) is 5.04. The molecule has 0 aliphatic carbocycles. The Bertz CT molecular complexity index is 641. The summed E-state index contributed by atoms with van der Waals surface area (Å²) in [6.45, 7) is 0. The summed E-state index contributed by atoms with van der Waals surface area (Å²) in [5.41, 5.74) is 2.15. The first kappa shape index (κ1) is 16.8. The van der Waals surface area contributed by atoms with Gasteiger partial charge < -0.3 is 24.1 Å². The molecule has 0 unspecified atom stereocenters. The predicted molar refractivity (Wildman–Crippen MR) is 88.2 cm³/mol. The van der Waals surface area contributed by atoms with E-state index in [0.717, 1.165) is 24.0 Å². The van der Waals surface area contributed by atoms with Crippen molar-refractivity contribution in [1.29, 1.82) is 0 Å². The van der Waals surface area contributed by atoms with Crippen molar-refractivity contribution < 1.29 is 24.1 Å². The van der Waals surface area contributed by atoms with Crippen molar-refractivity contribution in [1.82, 2.24) is 0 Å². The van der Waals surface area contributed by atoms with E-state index in [1.54, 1.807) is 27.4 Å². The van der Waals surface area contributed by atoms with Crippen LogP contribution in [0.4, 0.5) is 0 Å². The van der Waals surface area contributed by atoms with Gasteiger partial charge in [0, 0.05) is 0 Å². The standard InChI is InChI=1S/C18H22O5/c1-20-15-9-12(7-8-14(15)19)5-6-13-10-16(21-2)18(23-4)17(11-13)22-3/h7-11,19H,5-6H2,1-4H3. The van der Waals surface area contributed by atoms with Gasteiger partial charge in [-0.25, -0.2) is 0 Å². The van der Waals surface area contributed by atoms with Gasteiger partial charge in [0.1, 0.15) is 0 Å². The zero-order valence-electron chi connectivity index (χ0n) is 13.9. The number of phenols is 1. The molecule has 0 saturated heterocycles. The molecule has 0 heterocycles. The summed E-state index contributed by atoms with van der Waals surface area (Å²) >= 11 is 0. The lowest BCUT2D eigenvalue weighted by atomic mass is 10.0. The van der Waals surface area contributed by atoms with Gasteiger partial charge in [0.05, 0.1) is 28.4 Å². The van der Waals surface area contributed by atoms with Crippen LogP contribution in [0.1, 0.15) is 11.1 Å². The highest BCUT2D eigenvalue weighted by atomic mass is 16.5. The van der Waals surface area contributed by atoms with Gasteiger partial charge in [-0.15, -0.1) is 0 Å². The maximum atomic E-state index is 9.64. The maximum Gasteiger partial charge on any atom is 0.203 e. The van der Waals surface area contributed by atoms with E-state index in [9.17, 15) is 5.11 Å². The van der Waals surface area contributed by atoms with Crippen molar-refractivity contribution in [3.05, 3.63) is 41.5 Å². The molecule has 0 bridgehead atoms. The van der Waals surface area contributed by atoms with Gasteiger partial charge in [-0.05, 0) is 48.2 Å². The van der Waals surface area contributed by atoms with E-state index in [1.165, 1.54) is 7.11 Å². The predicted octanol–water partition coefficient (Wildman–Crippen LogP) is 3.21. The molecule has 0 saturated carbocycles. The first-order valence-corrected chi connectivity index (χ1v) is 7.27. The summed E-state index contributed by atoms with van der Waals surface area (Å²) in [6, 6.07) is 9.25. The van der Waals surface area contributed by atoms with Crippen LogP contribution in [0.3, 0.4) is 0 Å². The van der Waals surface area contributed by atoms with Gasteiger partial charge in [0.2, 0.25) is 5.75 Å². The van der Waals surface area contributed by atoms with Crippen LogP contribution < -0.4 is 18.9 Å². The molecule has 0 aliphatic heterocycles. The second-order valence-electron chi connectivity index (χ2n) is 5.04.